The van der Waals surface area contributed by atoms with Crippen molar-refractivity contribution >= 4 is 33.2 Å². The average molecular weight is 340 g/mol. The molecule has 0 saturated heterocycles. The van der Waals surface area contributed by atoms with E-state index in [1.54, 1.807) is 6.07 Å². The molecule has 1 atom stereocenters. The molecular formula is C14H14BrNO2S. The highest BCUT2D eigenvalue weighted by molar-refractivity contribution is 9.11. The first kappa shape index (κ1) is 14.2. The summed E-state index contributed by atoms with van der Waals surface area (Å²) in [5.74, 6) is -0.164. The maximum absolute atomic E-state index is 11.8. The fourth-order valence-corrected chi connectivity index (χ4v) is 3.09. The van der Waals surface area contributed by atoms with E-state index in [0.29, 0.717) is 4.88 Å². The standard InChI is InChI=1S/C14H14BrNO2S/c1-9-4-2-3-5-10(9)11(17)8-16-14(18)12-6-7-13(15)19-12/h2-7,11,17H,8H2,1H3,(H,16,18). The molecule has 19 heavy (non-hydrogen) atoms. The summed E-state index contributed by atoms with van der Waals surface area (Å²) in [7, 11) is 0. The second-order valence-electron chi connectivity index (χ2n) is 4.19. The number of halogens is 1. The Kier molecular flexibility index (Phi) is 4.74. The van der Waals surface area contributed by atoms with Crippen molar-refractivity contribution in [3.63, 3.8) is 0 Å². The SMILES string of the molecule is Cc1ccccc1C(O)CNC(=O)c1ccc(Br)s1. The second-order valence-corrected chi connectivity index (χ2v) is 6.65. The van der Waals surface area contributed by atoms with Gasteiger partial charge in [0, 0.05) is 6.54 Å². The van der Waals surface area contributed by atoms with Crippen molar-refractivity contribution < 1.29 is 9.90 Å². The average Bonchev–Trinajstić information content (AvgIpc) is 2.83. The van der Waals surface area contributed by atoms with Crippen LogP contribution in [-0.2, 0) is 0 Å². The Hall–Kier alpha value is -1.17. The molecule has 1 unspecified atom stereocenters. The number of aliphatic hydroxyl groups is 1. The van der Waals surface area contributed by atoms with Gasteiger partial charge >= 0.3 is 0 Å². The Labute approximate surface area is 124 Å². The lowest BCUT2D eigenvalue weighted by Crippen LogP contribution is -2.28. The highest BCUT2D eigenvalue weighted by Gasteiger charge is 2.13. The third kappa shape index (κ3) is 3.65. The topological polar surface area (TPSA) is 49.3 Å². The van der Waals surface area contributed by atoms with Gasteiger partial charge in [-0.3, -0.25) is 4.79 Å². The minimum absolute atomic E-state index is 0.164. The van der Waals surface area contributed by atoms with Gasteiger partial charge in [0.15, 0.2) is 0 Å². The van der Waals surface area contributed by atoms with Crippen LogP contribution < -0.4 is 5.32 Å². The molecule has 0 aliphatic carbocycles. The van der Waals surface area contributed by atoms with Gasteiger partial charge in [0.2, 0.25) is 0 Å². The Balaban J connectivity index is 1.96. The number of amides is 1. The van der Waals surface area contributed by atoms with Gasteiger partial charge in [-0.05, 0) is 46.1 Å². The van der Waals surface area contributed by atoms with Gasteiger partial charge in [-0.25, -0.2) is 0 Å². The third-order valence-electron chi connectivity index (χ3n) is 2.80. The first-order chi connectivity index (χ1) is 9.08. The molecule has 3 nitrogen and oxygen atoms in total. The lowest BCUT2D eigenvalue weighted by Gasteiger charge is -2.14. The van der Waals surface area contributed by atoms with E-state index in [2.05, 4.69) is 21.2 Å². The number of aryl methyl sites for hydroxylation is 1. The van der Waals surface area contributed by atoms with Crippen molar-refractivity contribution in [2.24, 2.45) is 0 Å². The maximum Gasteiger partial charge on any atom is 0.261 e. The van der Waals surface area contributed by atoms with E-state index in [1.807, 2.05) is 37.3 Å². The van der Waals surface area contributed by atoms with E-state index in [9.17, 15) is 9.90 Å². The number of carbonyl (C=O) groups excluding carboxylic acids is 1. The van der Waals surface area contributed by atoms with Gasteiger partial charge in [0.1, 0.15) is 0 Å². The fourth-order valence-electron chi connectivity index (χ4n) is 1.78. The summed E-state index contributed by atoms with van der Waals surface area (Å²) in [6, 6.07) is 11.2. The molecule has 0 radical (unpaired) electrons. The number of thiophene rings is 1. The number of carbonyl (C=O) groups is 1. The zero-order chi connectivity index (χ0) is 13.8. The van der Waals surface area contributed by atoms with E-state index < -0.39 is 6.10 Å². The van der Waals surface area contributed by atoms with E-state index in [0.717, 1.165) is 14.9 Å². The van der Waals surface area contributed by atoms with Crippen molar-refractivity contribution in [3.8, 4) is 0 Å². The summed E-state index contributed by atoms with van der Waals surface area (Å²) in [4.78, 5) is 12.5. The third-order valence-corrected chi connectivity index (χ3v) is 4.42. The van der Waals surface area contributed by atoms with Gasteiger partial charge in [-0.15, -0.1) is 11.3 Å². The first-order valence-electron chi connectivity index (χ1n) is 5.85. The maximum atomic E-state index is 11.8. The Morgan fingerprint density at radius 3 is 2.74 bits per heavy atom. The summed E-state index contributed by atoms with van der Waals surface area (Å²) in [5.41, 5.74) is 1.86. The molecule has 2 N–H and O–H groups in total. The minimum Gasteiger partial charge on any atom is -0.387 e. The van der Waals surface area contributed by atoms with Crippen LogP contribution in [0.25, 0.3) is 0 Å². The largest absolute Gasteiger partial charge is 0.387 e. The molecule has 2 aromatic rings. The smallest absolute Gasteiger partial charge is 0.261 e. The lowest BCUT2D eigenvalue weighted by atomic mass is 10.0. The second kappa shape index (κ2) is 6.32. The van der Waals surface area contributed by atoms with Gasteiger partial charge in [-0.1, -0.05) is 24.3 Å². The summed E-state index contributed by atoms with van der Waals surface area (Å²) in [5, 5.41) is 12.8. The van der Waals surface area contributed by atoms with Gasteiger partial charge in [-0.2, -0.15) is 0 Å². The van der Waals surface area contributed by atoms with E-state index in [-0.39, 0.29) is 12.5 Å². The van der Waals surface area contributed by atoms with Crippen LogP contribution in [0.2, 0.25) is 0 Å². The van der Waals surface area contributed by atoms with Crippen LogP contribution in [-0.4, -0.2) is 17.6 Å². The molecule has 0 fully saturated rings. The van der Waals surface area contributed by atoms with Crippen molar-refractivity contribution in [3.05, 3.63) is 56.2 Å². The molecule has 0 aliphatic heterocycles. The number of hydrogen-bond donors (Lipinski definition) is 2. The van der Waals surface area contributed by atoms with Gasteiger partial charge < -0.3 is 10.4 Å². The predicted octanol–water partition coefficient (Wildman–Crippen LogP) is 3.28. The van der Waals surface area contributed by atoms with Crippen LogP contribution in [0.1, 0.15) is 26.9 Å². The summed E-state index contributed by atoms with van der Waals surface area (Å²) in [6.45, 7) is 2.15. The minimum atomic E-state index is -0.687. The molecule has 100 valence electrons. The van der Waals surface area contributed by atoms with Gasteiger partial charge in [0.25, 0.3) is 5.91 Å². The molecule has 1 heterocycles. The monoisotopic (exact) mass is 339 g/mol. The Morgan fingerprint density at radius 2 is 2.11 bits per heavy atom. The van der Waals surface area contributed by atoms with E-state index >= 15 is 0 Å². The summed E-state index contributed by atoms with van der Waals surface area (Å²) >= 11 is 4.69. The quantitative estimate of drug-likeness (QED) is 0.897. The number of rotatable bonds is 4. The first-order valence-corrected chi connectivity index (χ1v) is 7.46. The van der Waals surface area contributed by atoms with Crippen molar-refractivity contribution in [2.75, 3.05) is 6.54 Å². The van der Waals surface area contributed by atoms with Crippen molar-refractivity contribution in [1.82, 2.24) is 5.32 Å². The number of nitrogens with one attached hydrogen (secondary N) is 1. The fraction of sp³-hybridized carbons (Fsp3) is 0.214. The molecule has 0 aliphatic rings. The molecule has 1 aromatic carbocycles. The van der Waals surface area contributed by atoms with Crippen LogP contribution in [0, 0.1) is 6.92 Å². The van der Waals surface area contributed by atoms with E-state index in [4.69, 9.17) is 0 Å². The van der Waals surface area contributed by atoms with E-state index in [1.165, 1.54) is 11.3 Å². The normalized spacial score (nSPS) is 12.2. The van der Waals surface area contributed by atoms with Crippen LogP contribution >= 0.6 is 27.3 Å². The molecule has 2 rings (SSSR count). The Morgan fingerprint density at radius 1 is 1.37 bits per heavy atom. The van der Waals surface area contributed by atoms with Gasteiger partial charge in [0.05, 0.1) is 14.8 Å². The zero-order valence-corrected chi connectivity index (χ0v) is 12.8. The molecule has 0 saturated carbocycles. The molecular weight excluding hydrogens is 326 g/mol. The number of hydrogen-bond acceptors (Lipinski definition) is 3. The number of aliphatic hydroxyl groups excluding tert-OH is 1. The number of benzene rings is 1. The van der Waals surface area contributed by atoms with Crippen molar-refractivity contribution in [1.29, 1.82) is 0 Å². The predicted molar refractivity (Wildman–Crippen MR) is 80.5 cm³/mol. The van der Waals surface area contributed by atoms with Crippen molar-refractivity contribution in [2.45, 2.75) is 13.0 Å². The molecule has 0 spiro atoms. The summed E-state index contributed by atoms with van der Waals surface area (Å²) in [6.07, 6.45) is -0.687. The molecule has 5 heteroatoms. The van der Waals surface area contributed by atoms with Crippen LogP contribution in [0.5, 0.6) is 0 Å². The van der Waals surface area contributed by atoms with Crippen LogP contribution in [0.15, 0.2) is 40.2 Å². The molecule has 1 aromatic heterocycles. The highest BCUT2D eigenvalue weighted by Crippen LogP contribution is 2.22. The summed E-state index contributed by atoms with van der Waals surface area (Å²) < 4.78 is 0.914. The zero-order valence-electron chi connectivity index (χ0n) is 10.4. The van der Waals surface area contributed by atoms with Crippen LogP contribution in [0.3, 0.4) is 0 Å². The van der Waals surface area contributed by atoms with Crippen LogP contribution in [0.4, 0.5) is 0 Å². The Bertz CT molecular complexity index is 582. The molecule has 1 amide bonds. The highest BCUT2D eigenvalue weighted by atomic mass is 79.9. The molecule has 0 bridgehead atoms. The lowest BCUT2D eigenvalue weighted by molar-refractivity contribution is 0.0920.